The molecule has 0 saturated heterocycles. The minimum Gasteiger partial charge on any atom is -0.496 e. The van der Waals surface area contributed by atoms with Crippen LogP contribution in [0, 0.1) is 13.8 Å². The number of hydrogen-bond acceptors (Lipinski definition) is 5. The van der Waals surface area contributed by atoms with Crippen LogP contribution in [0.2, 0.25) is 0 Å². The van der Waals surface area contributed by atoms with E-state index in [-0.39, 0.29) is 18.2 Å². The van der Waals surface area contributed by atoms with Crippen LogP contribution < -0.4 is 10.1 Å². The first-order valence-corrected chi connectivity index (χ1v) is 12.6. The maximum Gasteiger partial charge on any atom is 0.335 e. The molecule has 37 heavy (non-hydrogen) atoms. The molecule has 6 heteroatoms. The number of carboxylic acid groups (broad SMARTS) is 1. The third-order valence-corrected chi connectivity index (χ3v) is 6.64. The van der Waals surface area contributed by atoms with Gasteiger partial charge in [-0.05, 0) is 86.6 Å². The fraction of sp³-hybridized carbons (Fsp3) is 0.387. The fourth-order valence-electron chi connectivity index (χ4n) is 4.53. The number of aliphatic hydroxyl groups excluding tert-OH is 1. The Labute approximate surface area is 220 Å². The van der Waals surface area contributed by atoms with Crippen molar-refractivity contribution in [1.82, 2.24) is 5.32 Å². The number of hydrogen-bond donors (Lipinski definition) is 3. The van der Waals surface area contributed by atoms with Gasteiger partial charge >= 0.3 is 5.97 Å². The van der Waals surface area contributed by atoms with Crippen LogP contribution in [0.4, 0.5) is 0 Å². The Bertz CT molecular complexity index is 1220. The standard InChI is InChI=1S/C31H39NO5/c1-20-11-12-23(16-29(20)36-6)17-31(4,5)32-18-25(33)19-37-22(3)27-9-7-8-10-28(27)24-13-14-26(30(34)35)21(2)15-24/h7-16,22,25,32-33H,17-19H2,1-6H3,(H,34,35)/t22-,25-/m1/s1. The Hall–Kier alpha value is -3.19. The van der Waals surface area contributed by atoms with Gasteiger partial charge in [-0.2, -0.15) is 0 Å². The molecule has 6 nitrogen and oxygen atoms in total. The number of carbonyl (C=O) groups is 1. The lowest BCUT2D eigenvalue weighted by atomic mass is 9.94. The van der Waals surface area contributed by atoms with Crippen LogP contribution >= 0.6 is 0 Å². The molecule has 0 aliphatic rings. The lowest BCUT2D eigenvalue weighted by Crippen LogP contribution is -2.46. The molecular weight excluding hydrogens is 466 g/mol. The second-order valence-corrected chi connectivity index (χ2v) is 10.3. The largest absolute Gasteiger partial charge is 0.496 e. The van der Waals surface area contributed by atoms with Crippen LogP contribution in [0.1, 0.15) is 59.5 Å². The summed E-state index contributed by atoms with van der Waals surface area (Å²) >= 11 is 0. The Morgan fingerprint density at radius 2 is 1.76 bits per heavy atom. The Morgan fingerprint density at radius 1 is 1.03 bits per heavy atom. The zero-order valence-electron chi connectivity index (χ0n) is 22.7. The van der Waals surface area contributed by atoms with Crippen molar-refractivity contribution in [3.63, 3.8) is 0 Å². The van der Waals surface area contributed by atoms with Crippen molar-refractivity contribution in [2.75, 3.05) is 20.3 Å². The minimum absolute atomic E-state index is 0.188. The van der Waals surface area contributed by atoms with E-state index >= 15 is 0 Å². The fourth-order valence-corrected chi connectivity index (χ4v) is 4.53. The average molecular weight is 506 g/mol. The number of β-amino-alcohol motifs (C(OH)–C–C–N with tert-alkyl or cyclic N) is 1. The number of methoxy groups -OCH3 is 1. The van der Waals surface area contributed by atoms with Gasteiger partial charge in [0.2, 0.25) is 0 Å². The smallest absolute Gasteiger partial charge is 0.335 e. The first-order chi connectivity index (χ1) is 17.5. The molecule has 0 amide bonds. The van der Waals surface area contributed by atoms with E-state index in [2.05, 4.69) is 37.4 Å². The van der Waals surface area contributed by atoms with E-state index in [0.29, 0.717) is 17.7 Å². The van der Waals surface area contributed by atoms with Crippen molar-refractivity contribution in [3.8, 4) is 16.9 Å². The molecule has 0 aliphatic carbocycles. The van der Waals surface area contributed by atoms with E-state index in [1.54, 1.807) is 20.1 Å². The molecular formula is C31H39NO5. The lowest BCUT2D eigenvalue weighted by Gasteiger charge is -2.28. The summed E-state index contributed by atoms with van der Waals surface area (Å²) in [6.45, 7) is 10.6. The van der Waals surface area contributed by atoms with Crippen molar-refractivity contribution in [2.24, 2.45) is 0 Å². The molecule has 0 heterocycles. The van der Waals surface area contributed by atoms with Crippen molar-refractivity contribution in [3.05, 3.63) is 88.5 Å². The summed E-state index contributed by atoms with van der Waals surface area (Å²) in [5.74, 6) is -0.0533. The zero-order valence-corrected chi connectivity index (χ0v) is 22.7. The molecule has 3 aromatic rings. The number of carboxylic acids is 1. The quantitative estimate of drug-likeness (QED) is 0.292. The van der Waals surface area contributed by atoms with Crippen LogP contribution in [0.15, 0.2) is 60.7 Å². The molecule has 0 saturated carbocycles. The molecule has 0 spiro atoms. The summed E-state index contributed by atoms with van der Waals surface area (Å²) in [7, 11) is 1.68. The van der Waals surface area contributed by atoms with Gasteiger partial charge < -0.3 is 25.0 Å². The monoisotopic (exact) mass is 505 g/mol. The van der Waals surface area contributed by atoms with Crippen molar-refractivity contribution >= 4 is 5.97 Å². The SMILES string of the molecule is COc1cc(CC(C)(C)NC[C@@H](O)CO[C@H](C)c2ccccc2-c2ccc(C(=O)O)c(C)c2)ccc1C. The summed E-state index contributed by atoms with van der Waals surface area (Å²) in [5.41, 5.74) is 5.96. The Balaban J connectivity index is 1.59. The van der Waals surface area contributed by atoms with Gasteiger partial charge in [-0.3, -0.25) is 0 Å². The molecule has 3 aromatic carbocycles. The van der Waals surface area contributed by atoms with E-state index < -0.39 is 12.1 Å². The Kier molecular flexibility index (Phi) is 9.49. The van der Waals surface area contributed by atoms with Crippen LogP contribution in [0.5, 0.6) is 5.75 Å². The normalized spacial score (nSPS) is 13.3. The third kappa shape index (κ3) is 7.65. The number of benzene rings is 3. The second kappa shape index (κ2) is 12.4. The summed E-state index contributed by atoms with van der Waals surface area (Å²) in [5, 5.41) is 23.4. The second-order valence-electron chi connectivity index (χ2n) is 10.3. The summed E-state index contributed by atoms with van der Waals surface area (Å²) < 4.78 is 11.5. The predicted molar refractivity (Wildman–Crippen MR) is 147 cm³/mol. The van der Waals surface area contributed by atoms with Gasteiger partial charge in [-0.15, -0.1) is 0 Å². The van der Waals surface area contributed by atoms with E-state index in [1.165, 1.54) is 5.56 Å². The van der Waals surface area contributed by atoms with Gasteiger partial charge in [-0.1, -0.05) is 48.5 Å². The van der Waals surface area contributed by atoms with E-state index in [9.17, 15) is 15.0 Å². The van der Waals surface area contributed by atoms with Crippen LogP contribution in [-0.4, -0.2) is 48.1 Å². The van der Waals surface area contributed by atoms with Crippen molar-refractivity contribution < 1.29 is 24.5 Å². The average Bonchev–Trinajstić information content (AvgIpc) is 2.86. The first kappa shape index (κ1) is 28.4. The van der Waals surface area contributed by atoms with Crippen molar-refractivity contribution in [1.29, 1.82) is 0 Å². The first-order valence-electron chi connectivity index (χ1n) is 12.6. The molecule has 0 bridgehead atoms. The highest BCUT2D eigenvalue weighted by Crippen LogP contribution is 2.31. The molecule has 0 fully saturated rings. The van der Waals surface area contributed by atoms with Crippen LogP contribution in [0.3, 0.4) is 0 Å². The summed E-state index contributed by atoms with van der Waals surface area (Å²) in [6.07, 6.45) is -0.127. The summed E-state index contributed by atoms with van der Waals surface area (Å²) in [6, 6.07) is 19.5. The summed E-state index contributed by atoms with van der Waals surface area (Å²) in [4.78, 5) is 11.4. The topological polar surface area (TPSA) is 88.0 Å². The molecule has 3 rings (SSSR count). The van der Waals surface area contributed by atoms with Gasteiger partial charge in [0.1, 0.15) is 5.75 Å². The maximum atomic E-state index is 11.4. The van der Waals surface area contributed by atoms with Gasteiger partial charge in [0.15, 0.2) is 0 Å². The lowest BCUT2D eigenvalue weighted by molar-refractivity contribution is -0.00397. The minimum atomic E-state index is -0.932. The van der Waals surface area contributed by atoms with Crippen LogP contribution in [0.25, 0.3) is 11.1 Å². The van der Waals surface area contributed by atoms with E-state index in [1.807, 2.05) is 50.2 Å². The molecule has 0 aromatic heterocycles. The number of rotatable bonds is 12. The highest BCUT2D eigenvalue weighted by Gasteiger charge is 2.21. The Morgan fingerprint density at radius 3 is 2.43 bits per heavy atom. The number of ether oxygens (including phenoxy) is 2. The molecule has 0 aliphatic heterocycles. The van der Waals surface area contributed by atoms with Gasteiger partial charge in [-0.25, -0.2) is 4.79 Å². The predicted octanol–water partition coefficient (Wildman–Crippen LogP) is 5.73. The highest BCUT2D eigenvalue weighted by molar-refractivity contribution is 5.90. The molecule has 198 valence electrons. The highest BCUT2D eigenvalue weighted by atomic mass is 16.5. The maximum absolute atomic E-state index is 11.4. The zero-order chi connectivity index (χ0) is 27.2. The number of nitrogens with one attached hydrogen (secondary N) is 1. The molecule has 3 N–H and O–H groups in total. The van der Waals surface area contributed by atoms with Gasteiger partial charge in [0.05, 0.1) is 31.5 Å². The third-order valence-electron chi connectivity index (χ3n) is 6.64. The van der Waals surface area contributed by atoms with Gasteiger partial charge in [0, 0.05) is 12.1 Å². The molecule has 0 unspecified atom stereocenters. The molecule has 2 atom stereocenters. The number of aliphatic hydroxyl groups is 1. The van der Waals surface area contributed by atoms with Gasteiger partial charge in [0.25, 0.3) is 0 Å². The number of aromatic carboxylic acids is 1. The number of aryl methyl sites for hydroxylation is 2. The van der Waals surface area contributed by atoms with E-state index in [4.69, 9.17) is 9.47 Å². The van der Waals surface area contributed by atoms with E-state index in [0.717, 1.165) is 34.4 Å². The molecule has 0 radical (unpaired) electrons. The van der Waals surface area contributed by atoms with Crippen molar-refractivity contribution in [2.45, 2.75) is 58.8 Å². The van der Waals surface area contributed by atoms with Crippen LogP contribution in [-0.2, 0) is 11.2 Å².